The van der Waals surface area contributed by atoms with E-state index >= 15 is 0 Å². The quantitative estimate of drug-likeness (QED) is 0.440. The number of carbonyl (C=O) groups excluding carboxylic acids is 2. The Morgan fingerprint density at radius 3 is 1.55 bits per heavy atom. The van der Waals surface area contributed by atoms with E-state index in [-0.39, 0.29) is 0 Å². The number of halogens is 2. The van der Waals surface area contributed by atoms with E-state index in [1.807, 2.05) is 0 Å². The molecule has 0 amide bonds. The normalized spacial score (nSPS) is 15.3. The van der Waals surface area contributed by atoms with Crippen molar-refractivity contribution in [2.24, 2.45) is 0 Å². The predicted molar refractivity (Wildman–Crippen MR) is 47.9 cm³/mol. The third kappa shape index (κ3) is 4.53. The minimum atomic E-state index is -0.568. The molecule has 0 radical (unpaired) electrons. The molecular weight excluding hydrogens is 280 g/mol. The first-order valence-electron chi connectivity index (χ1n) is 2.98. The average Bonchev–Trinajstić information content (AvgIpc) is 1.87. The molecule has 0 spiro atoms. The van der Waals surface area contributed by atoms with Crippen molar-refractivity contribution in [1.82, 2.24) is 0 Å². The van der Waals surface area contributed by atoms with Gasteiger partial charge >= 0.3 is 11.9 Å². The minimum absolute atomic E-state index is 0.447. The van der Waals surface area contributed by atoms with Gasteiger partial charge in [0.25, 0.3) is 0 Å². The molecule has 5 heteroatoms. The zero-order valence-electron chi connectivity index (χ0n) is 6.14. The second-order valence-electron chi connectivity index (χ2n) is 1.97. The molecule has 0 fully saturated rings. The van der Waals surface area contributed by atoms with Crippen LogP contribution in [0.25, 0.3) is 0 Å². The molecule has 3 nitrogen and oxygen atoms in total. The molecule has 0 N–H and O–H groups in total. The van der Waals surface area contributed by atoms with Crippen molar-refractivity contribution >= 4 is 43.8 Å². The van der Waals surface area contributed by atoms with Crippen molar-refractivity contribution < 1.29 is 14.3 Å². The molecule has 0 rings (SSSR count). The molecular formula is C6H8Br2O3. The third-order valence-corrected chi connectivity index (χ3v) is 1.60. The van der Waals surface area contributed by atoms with Crippen LogP contribution in [0.15, 0.2) is 0 Å². The summed E-state index contributed by atoms with van der Waals surface area (Å²) in [6.07, 6.45) is 0. The van der Waals surface area contributed by atoms with E-state index < -0.39 is 21.6 Å². The van der Waals surface area contributed by atoms with Crippen LogP contribution in [0.5, 0.6) is 0 Å². The van der Waals surface area contributed by atoms with Gasteiger partial charge < -0.3 is 4.74 Å². The Morgan fingerprint density at radius 2 is 1.36 bits per heavy atom. The number of hydrogen-bond acceptors (Lipinski definition) is 3. The zero-order chi connectivity index (χ0) is 9.02. The van der Waals surface area contributed by atoms with Crippen LogP contribution >= 0.6 is 31.9 Å². The van der Waals surface area contributed by atoms with Crippen molar-refractivity contribution in [2.45, 2.75) is 23.5 Å². The molecule has 0 aromatic rings. The SMILES string of the molecule is C[C@@H](Br)C(=O)OC(=O)[C@@H](C)Br. The zero-order valence-corrected chi connectivity index (χ0v) is 9.31. The Balaban J connectivity index is 3.86. The highest BCUT2D eigenvalue weighted by atomic mass is 79.9. The van der Waals surface area contributed by atoms with Crippen LogP contribution in [0.3, 0.4) is 0 Å². The van der Waals surface area contributed by atoms with Crippen LogP contribution in [0, 0.1) is 0 Å². The fourth-order valence-corrected chi connectivity index (χ4v) is 0.448. The first kappa shape index (κ1) is 11.1. The minimum Gasteiger partial charge on any atom is -0.391 e. The van der Waals surface area contributed by atoms with Gasteiger partial charge in [0.15, 0.2) is 0 Å². The highest BCUT2D eigenvalue weighted by Crippen LogP contribution is 2.05. The van der Waals surface area contributed by atoms with Gasteiger partial charge in [0.1, 0.15) is 9.65 Å². The molecule has 0 aliphatic carbocycles. The monoisotopic (exact) mass is 286 g/mol. The Morgan fingerprint density at radius 1 is 1.09 bits per heavy atom. The summed E-state index contributed by atoms with van der Waals surface area (Å²) in [7, 11) is 0. The summed E-state index contributed by atoms with van der Waals surface area (Å²) in [5.74, 6) is -1.14. The summed E-state index contributed by atoms with van der Waals surface area (Å²) in [4.78, 5) is 20.6. The topological polar surface area (TPSA) is 43.4 Å². The summed E-state index contributed by atoms with van der Waals surface area (Å²) in [6, 6.07) is 0. The molecule has 0 bridgehead atoms. The maximum absolute atomic E-state index is 10.7. The molecule has 0 saturated carbocycles. The third-order valence-electron chi connectivity index (χ3n) is 0.851. The Hall–Kier alpha value is 0.1000. The Bertz CT molecular complexity index is 147. The van der Waals surface area contributed by atoms with Crippen LogP contribution < -0.4 is 0 Å². The van der Waals surface area contributed by atoms with E-state index in [2.05, 4.69) is 36.6 Å². The number of esters is 2. The number of carbonyl (C=O) groups is 2. The van der Waals surface area contributed by atoms with Crippen molar-refractivity contribution in [1.29, 1.82) is 0 Å². The summed E-state index contributed by atoms with van der Waals surface area (Å²) in [6.45, 7) is 3.18. The second-order valence-corrected chi connectivity index (χ2v) is 4.72. The van der Waals surface area contributed by atoms with E-state index in [9.17, 15) is 9.59 Å². The van der Waals surface area contributed by atoms with Crippen molar-refractivity contribution in [3.05, 3.63) is 0 Å². The summed E-state index contributed by atoms with van der Waals surface area (Å²) >= 11 is 5.95. The number of alkyl halides is 2. The highest BCUT2D eigenvalue weighted by molar-refractivity contribution is 9.10. The van der Waals surface area contributed by atoms with Crippen LogP contribution in [0.1, 0.15) is 13.8 Å². The van der Waals surface area contributed by atoms with Crippen LogP contribution in [-0.4, -0.2) is 21.6 Å². The van der Waals surface area contributed by atoms with Crippen LogP contribution in [0.2, 0.25) is 0 Å². The van der Waals surface area contributed by atoms with E-state index in [0.717, 1.165) is 0 Å². The average molecular weight is 288 g/mol. The lowest BCUT2D eigenvalue weighted by Crippen LogP contribution is -2.23. The van der Waals surface area contributed by atoms with E-state index in [1.54, 1.807) is 13.8 Å². The molecule has 0 aliphatic rings. The lowest BCUT2D eigenvalue weighted by molar-refractivity contribution is -0.158. The molecule has 64 valence electrons. The van der Waals surface area contributed by atoms with Gasteiger partial charge in [0.05, 0.1) is 0 Å². The maximum Gasteiger partial charge on any atom is 0.327 e. The molecule has 0 aromatic heterocycles. The number of ether oxygens (including phenoxy) is 1. The number of rotatable bonds is 2. The van der Waals surface area contributed by atoms with Gasteiger partial charge in [-0.05, 0) is 13.8 Å². The van der Waals surface area contributed by atoms with Gasteiger partial charge in [-0.3, -0.25) is 9.59 Å². The molecule has 0 aromatic carbocycles. The fraction of sp³-hybridized carbons (Fsp3) is 0.667. The van der Waals surface area contributed by atoms with Crippen LogP contribution in [-0.2, 0) is 14.3 Å². The highest BCUT2D eigenvalue weighted by Gasteiger charge is 2.18. The van der Waals surface area contributed by atoms with E-state index in [1.165, 1.54) is 0 Å². The molecule has 0 aliphatic heterocycles. The van der Waals surface area contributed by atoms with Gasteiger partial charge in [0.2, 0.25) is 0 Å². The molecule has 0 unspecified atom stereocenters. The summed E-state index contributed by atoms with van der Waals surface area (Å²) in [5, 5.41) is 0. The summed E-state index contributed by atoms with van der Waals surface area (Å²) in [5.41, 5.74) is 0. The lowest BCUT2D eigenvalue weighted by atomic mass is 10.5. The first-order chi connectivity index (χ1) is 4.95. The van der Waals surface area contributed by atoms with Gasteiger partial charge in [-0.2, -0.15) is 0 Å². The maximum atomic E-state index is 10.7. The van der Waals surface area contributed by atoms with Crippen LogP contribution in [0.4, 0.5) is 0 Å². The van der Waals surface area contributed by atoms with Crippen molar-refractivity contribution in [3.8, 4) is 0 Å². The van der Waals surface area contributed by atoms with E-state index in [4.69, 9.17) is 0 Å². The summed E-state index contributed by atoms with van der Waals surface area (Å²) < 4.78 is 4.40. The second kappa shape index (κ2) is 4.87. The first-order valence-corrected chi connectivity index (χ1v) is 4.82. The molecule has 2 atom stereocenters. The molecule has 11 heavy (non-hydrogen) atoms. The van der Waals surface area contributed by atoms with Gasteiger partial charge in [0, 0.05) is 0 Å². The smallest absolute Gasteiger partial charge is 0.327 e. The van der Waals surface area contributed by atoms with Crippen molar-refractivity contribution in [3.63, 3.8) is 0 Å². The molecule has 0 saturated heterocycles. The van der Waals surface area contributed by atoms with Gasteiger partial charge in [-0.15, -0.1) is 0 Å². The van der Waals surface area contributed by atoms with Gasteiger partial charge in [-0.1, -0.05) is 31.9 Å². The predicted octanol–water partition coefficient (Wildman–Crippen LogP) is 1.62. The number of hydrogen-bond donors (Lipinski definition) is 0. The molecule has 0 heterocycles. The van der Waals surface area contributed by atoms with Gasteiger partial charge in [-0.25, -0.2) is 0 Å². The fourth-order valence-electron chi connectivity index (χ4n) is 0.262. The largest absolute Gasteiger partial charge is 0.391 e. The Kier molecular flexibility index (Phi) is 4.92. The lowest BCUT2D eigenvalue weighted by Gasteiger charge is -2.04. The standard InChI is InChI=1S/C6H8Br2O3/c1-3(7)5(9)11-6(10)4(2)8/h3-4H,1-2H3/t3-,4-/m1/s1. The van der Waals surface area contributed by atoms with Crippen molar-refractivity contribution in [2.75, 3.05) is 0 Å². The van der Waals surface area contributed by atoms with E-state index in [0.29, 0.717) is 0 Å². The Labute approximate surface area is 81.7 Å².